The van der Waals surface area contributed by atoms with Gasteiger partial charge in [0.2, 0.25) is 0 Å². The maximum Gasteiger partial charge on any atom is 0.315 e. The number of hydrogen-bond donors (Lipinski definition) is 2. The average molecular weight is 302 g/mol. The molecule has 1 aromatic carbocycles. The summed E-state index contributed by atoms with van der Waals surface area (Å²) in [7, 11) is 0. The van der Waals surface area contributed by atoms with Gasteiger partial charge in [0, 0.05) is 11.4 Å². The first-order chi connectivity index (χ1) is 10.2. The molecule has 0 bridgehead atoms. The SMILES string of the molecule is CC(C)C(NC(=O)NCCc1cccs1)c1ccccc1. The van der Waals surface area contributed by atoms with Gasteiger partial charge in [-0.25, -0.2) is 4.79 Å². The van der Waals surface area contributed by atoms with Crippen molar-refractivity contribution in [1.82, 2.24) is 10.6 Å². The monoisotopic (exact) mass is 302 g/mol. The molecule has 0 saturated heterocycles. The van der Waals surface area contributed by atoms with Crippen molar-refractivity contribution in [2.75, 3.05) is 6.54 Å². The lowest BCUT2D eigenvalue weighted by molar-refractivity contribution is 0.233. The molecule has 112 valence electrons. The maximum atomic E-state index is 12.0. The van der Waals surface area contributed by atoms with E-state index in [-0.39, 0.29) is 12.1 Å². The Balaban J connectivity index is 1.84. The fraction of sp³-hybridized carbons (Fsp3) is 0.353. The molecule has 2 N–H and O–H groups in total. The second kappa shape index (κ2) is 7.84. The van der Waals surface area contributed by atoms with E-state index >= 15 is 0 Å². The van der Waals surface area contributed by atoms with E-state index in [0.717, 1.165) is 12.0 Å². The molecule has 1 heterocycles. The molecule has 0 spiro atoms. The number of urea groups is 1. The summed E-state index contributed by atoms with van der Waals surface area (Å²) in [5, 5.41) is 8.05. The van der Waals surface area contributed by atoms with Crippen molar-refractivity contribution in [2.24, 2.45) is 5.92 Å². The number of carbonyl (C=O) groups is 1. The van der Waals surface area contributed by atoms with Crippen molar-refractivity contribution in [1.29, 1.82) is 0 Å². The summed E-state index contributed by atoms with van der Waals surface area (Å²) in [5.74, 6) is 0.343. The zero-order valence-corrected chi connectivity index (χ0v) is 13.3. The van der Waals surface area contributed by atoms with Crippen LogP contribution in [-0.2, 0) is 6.42 Å². The fourth-order valence-electron chi connectivity index (χ4n) is 2.24. The fourth-order valence-corrected chi connectivity index (χ4v) is 2.95. The van der Waals surface area contributed by atoms with Crippen LogP contribution in [0.4, 0.5) is 4.79 Å². The van der Waals surface area contributed by atoms with Crippen molar-refractivity contribution < 1.29 is 4.79 Å². The van der Waals surface area contributed by atoms with Crippen molar-refractivity contribution in [3.8, 4) is 0 Å². The zero-order chi connectivity index (χ0) is 15.1. The first-order valence-corrected chi connectivity index (χ1v) is 8.16. The van der Waals surface area contributed by atoms with E-state index in [9.17, 15) is 4.79 Å². The highest BCUT2D eigenvalue weighted by Crippen LogP contribution is 2.20. The lowest BCUT2D eigenvalue weighted by atomic mass is 9.96. The van der Waals surface area contributed by atoms with Crippen LogP contribution in [0.25, 0.3) is 0 Å². The maximum absolute atomic E-state index is 12.0. The van der Waals surface area contributed by atoms with Gasteiger partial charge in [-0.1, -0.05) is 50.2 Å². The van der Waals surface area contributed by atoms with Crippen molar-refractivity contribution >= 4 is 17.4 Å². The number of benzene rings is 1. The number of rotatable bonds is 6. The van der Waals surface area contributed by atoms with Crippen molar-refractivity contribution in [3.63, 3.8) is 0 Å². The lowest BCUT2D eigenvalue weighted by Crippen LogP contribution is -2.40. The van der Waals surface area contributed by atoms with E-state index in [1.807, 2.05) is 24.3 Å². The average Bonchev–Trinajstić information content (AvgIpc) is 2.98. The van der Waals surface area contributed by atoms with Crippen LogP contribution in [0.5, 0.6) is 0 Å². The zero-order valence-electron chi connectivity index (χ0n) is 12.5. The Morgan fingerprint density at radius 1 is 1.14 bits per heavy atom. The van der Waals surface area contributed by atoms with Gasteiger partial charge in [0.25, 0.3) is 0 Å². The first-order valence-electron chi connectivity index (χ1n) is 7.28. The molecule has 2 amide bonds. The Labute approximate surface area is 130 Å². The largest absolute Gasteiger partial charge is 0.338 e. The Morgan fingerprint density at radius 2 is 1.90 bits per heavy atom. The summed E-state index contributed by atoms with van der Waals surface area (Å²) in [6, 6.07) is 14.1. The lowest BCUT2D eigenvalue weighted by Gasteiger charge is -2.23. The van der Waals surface area contributed by atoms with Gasteiger partial charge in [0.15, 0.2) is 0 Å². The van der Waals surface area contributed by atoms with Crippen LogP contribution in [0.1, 0.15) is 30.3 Å². The molecule has 0 fully saturated rings. The minimum atomic E-state index is -0.103. The number of amides is 2. The molecule has 0 aliphatic carbocycles. The summed E-state index contributed by atoms with van der Waals surface area (Å²) in [6.45, 7) is 4.89. The summed E-state index contributed by atoms with van der Waals surface area (Å²) in [6.07, 6.45) is 0.878. The smallest absolute Gasteiger partial charge is 0.315 e. The molecule has 4 heteroatoms. The third kappa shape index (κ3) is 4.90. The van der Waals surface area contributed by atoms with Crippen LogP contribution in [0, 0.1) is 5.92 Å². The standard InChI is InChI=1S/C17H22N2OS/c1-13(2)16(14-7-4-3-5-8-14)19-17(20)18-11-10-15-9-6-12-21-15/h3-9,12-13,16H,10-11H2,1-2H3,(H2,18,19,20). The van der Waals surface area contributed by atoms with Gasteiger partial charge in [-0.15, -0.1) is 11.3 Å². The van der Waals surface area contributed by atoms with Gasteiger partial charge in [-0.3, -0.25) is 0 Å². The topological polar surface area (TPSA) is 41.1 Å². The Hall–Kier alpha value is -1.81. The highest BCUT2D eigenvalue weighted by Gasteiger charge is 2.17. The van der Waals surface area contributed by atoms with Crippen LogP contribution < -0.4 is 10.6 Å². The number of thiophene rings is 1. The second-order valence-corrected chi connectivity index (χ2v) is 6.39. The molecule has 2 rings (SSSR count). The minimum Gasteiger partial charge on any atom is -0.338 e. The molecule has 1 unspecified atom stereocenters. The summed E-state index contributed by atoms with van der Waals surface area (Å²) in [5.41, 5.74) is 1.14. The summed E-state index contributed by atoms with van der Waals surface area (Å²) >= 11 is 1.72. The molecular weight excluding hydrogens is 280 g/mol. The third-order valence-electron chi connectivity index (χ3n) is 3.35. The van der Waals surface area contributed by atoms with E-state index in [4.69, 9.17) is 0 Å². The molecule has 3 nitrogen and oxygen atoms in total. The summed E-state index contributed by atoms with van der Waals surface area (Å²) < 4.78 is 0. The van der Waals surface area contributed by atoms with E-state index in [1.165, 1.54) is 4.88 Å². The Kier molecular flexibility index (Phi) is 5.81. The predicted octanol–water partition coefficient (Wildman–Crippen LogP) is 3.99. The predicted molar refractivity (Wildman–Crippen MR) is 88.6 cm³/mol. The number of nitrogens with one attached hydrogen (secondary N) is 2. The number of hydrogen-bond acceptors (Lipinski definition) is 2. The van der Waals surface area contributed by atoms with Gasteiger partial charge in [0.1, 0.15) is 0 Å². The molecule has 2 aromatic rings. The Bertz CT molecular complexity index is 537. The van der Waals surface area contributed by atoms with E-state index in [1.54, 1.807) is 11.3 Å². The van der Waals surface area contributed by atoms with Gasteiger partial charge in [0.05, 0.1) is 6.04 Å². The first kappa shape index (κ1) is 15.6. The molecule has 1 atom stereocenters. The summed E-state index contributed by atoms with van der Waals surface area (Å²) in [4.78, 5) is 13.3. The quantitative estimate of drug-likeness (QED) is 0.832. The van der Waals surface area contributed by atoms with E-state index in [2.05, 4.69) is 48.1 Å². The van der Waals surface area contributed by atoms with Crippen molar-refractivity contribution in [3.05, 3.63) is 58.3 Å². The molecule has 0 aliphatic rings. The molecular formula is C17H22N2OS. The van der Waals surface area contributed by atoms with E-state index in [0.29, 0.717) is 12.5 Å². The minimum absolute atomic E-state index is 0.0351. The van der Waals surface area contributed by atoms with Gasteiger partial charge < -0.3 is 10.6 Å². The second-order valence-electron chi connectivity index (χ2n) is 5.36. The highest BCUT2D eigenvalue weighted by molar-refractivity contribution is 7.09. The van der Waals surface area contributed by atoms with Crippen LogP contribution in [0.2, 0.25) is 0 Å². The Morgan fingerprint density at radius 3 is 2.52 bits per heavy atom. The molecule has 1 aromatic heterocycles. The van der Waals surface area contributed by atoms with Crippen LogP contribution in [-0.4, -0.2) is 12.6 Å². The highest BCUT2D eigenvalue weighted by atomic mass is 32.1. The molecule has 0 aliphatic heterocycles. The van der Waals surface area contributed by atoms with Crippen molar-refractivity contribution in [2.45, 2.75) is 26.3 Å². The van der Waals surface area contributed by atoms with Gasteiger partial charge in [-0.05, 0) is 29.3 Å². The molecule has 21 heavy (non-hydrogen) atoms. The van der Waals surface area contributed by atoms with Crippen LogP contribution >= 0.6 is 11.3 Å². The van der Waals surface area contributed by atoms with Gasteiger partial charge in [-0.2, -0.15) is 0 Å². The molecule has 0 saturated carbocycles. The number of carbonyl (C=O) groups excluding carboxylic acids is 1. The van der Waals surface area contributed by atoms with E-state index < -0.39 is 0 Å². The van der Waals surface area contributed by atoms with Crippen LogP contribution in [0.3, 0.4) is 0 Å². The third-order valence-corrected chi connectivity index (χ3v) is 4.29. The van der Waals surface area contributed by atoms with Gasteiger partial charge >= 0.3 is 6.03 Å². The normalized spacial score (nSPS) is 12.1. The van der Waals surface area contributed by atoms with Crippen LogP contribution in [0.15, 0.2) is 47.8 Å². The molecule has 0 radical (unpaired) electrons.